The Labute approximate surface area is 199 Å². The van der Waals surface area contributed by atoms with Crippen molar-refractivity contribution in [2.24, 2.45) is 0 Å². The van der Waals surface area contributed by atoms with Crippen LogP contribution >= 0.6 is 11.6 Å². The minimum absolute atomic E-state index is 0.0261. The molecule has 1 fully saturated rings. The van der Waals surface area contributed by atoms with Gasteiger partial charge < -0.3 is 4.90 Å². The summed E-state index contributed by atoms with van der Waals surface area (Å²) in [5.74, 6) is 1.64. The van der Waals surface area contributed by atoms with Gasteiger partial charge in [-0.2, -0.15) is 13.2 Å². The Morgan fingerprint density at radius 3 is 2.50 bits per heavy atom. The molecule has 0 aliphatic carbocycles. The van der Waals surface area contributed by atoms with E-state index < -0.39 is 12.2 Å². The van der Waals surface area contributed by atoms with E-state index in [2.05, 4.69) is 20.1 Å². The highest BCUT2D eigenvalue weighted by Crippen LogP contribution is 2.36. The number of anilines is 1. The maximum Gasteiger partial charge on any atom is 0.403 e. The molecule has 0 saturated carbocycles. The second-order valence-electron chi connectivity index (χ2n) is 8.80. The van der Waals surface area contributed by atoms with E-state index in [9.17, 15) is 17.6 Å². The van der Waals surface area contributed by atoms with Gasteiger partial charge in [0.25, 0.3) is 0 Å². The van der Waals surface area contributed by atoms with Crippen LogP contribution in [0.25, 0.3) is 5.69 Å². The molecule has 2 aliphatic heterocycles. The molecule has 0 radical (unpaired) electrons. The minimum atomic E-state index is -4.36. The molecule has 1 unspecified atom stereocenters. The predicted octanol–water partition coefficient (Wildman–Crippen LogP) is 5.11. The lowest BCUT2D eigenvalue weighted by Crippen LogP contribution is -2.42. The number of benzene rings is 1. The summed E-state index contributed by atoms with van der Waals surface area (Å²) in [6.07, 6.45) is -1.63. The fraction of sp³-hybridized carbons (Fsp3) is 0.435. The van der Waals surface area contributed by atoms with E-state index in [1.54, 1.807) is 18.2 Å². The van der Waals surface area contributed by atoms with Gasteiger partial charge in [0.05, 0.1) is 18.4 Å². The van der Waals surface area contributed by atoms with Crippen molar-refractivity contribution < 1.29 is 17.6 Å². The van der Waals surface area contributed by atoms with Gasteiger partial charge >= 0.3 is 6.18 Å². The summed E-state index contributed by atoms with van der Waals surface area (Å²) >= 11 is 6.20. The molecule has 5 rings (SSSR count). The number of hydrogen-bond donors (Lipinski definition) is 0. The quantitative estimate of drug-likeness (QED) is 0.474. The van der Waals surface area contributed by atoms with Gasteiger partial charge in [-0.3, -0.25) is 9.47 Å². The molecule has 4 heterocycles. The van der Waals surface area contributed by atoms with Gasteiger partial charge in [0.2, 0.25) is 0 Å². The van der Waals surface area contributed by atoms with E-state index in [1.165, 1.54) is 17.2 Å². The summed E-state index contributed by atoms with van der Waals surface area (Å²) in [6.45, 7) is 2.70. The summed E-state index contributed by atoms with van der Waals surface area (Å²) in [7, 11) is 0. The molecule has 1 atom stereocenters. The average molecular weight is 495 g/mol. The summed E-state index contributed by atoms with van der Waals surface area (Å²) in [5.41, 5.74) is 1.47. The molecule has 1 saturated heterocycles. The minimum Gasteiger partial charge on any atom is -0.357 e. The number of rotatable bonds is 3. The number of pyridine rings is 1. The van der Waals surface area contributed by atoms with Crippen molar-refractivity contribution in [3.8, 4) is 5.69 Å². The van der Waals surface area contributed by atoms with Crippen LogP contribution in [0, 0.1) is 5.82 Å². The van der Waals surface area contributed by atoms with Gasteiger partial charge in [-0.1, -0.05) is 11.6 Å². The van der Waals surface area contributed by atoms with Gasteiger partial charge in [0.1, 0.15) is 23.5 Å². The normalized spacial score (nSPS) is 18.4. The fourth-order valence-electron chi connectivity index (χ4n) is 4.72. The Bertz CT molecular complexity index is 1170. The Morgan fingerprint density at radius 1 is 1.06 bits per heavy atom. The average Bonchev–Trinajstić information content (AvgIpc) is 3.14. The largest absolute Gasteiger partial charge is 0.403 e. The second kappa shape index (κ2) is 8.81. The predicted molar refractivity (Wildman–Crippen MR) is 120 cm³/mol. The molecule has 1 aromatic carbocycles. The van der Waals surface area contributed by atoms with E-state index in [0.717, 1.165) is 37.1 Å². The van der Waals surface area contributed by atoms with E-state index in [-0.39, 0.29) is 24.8 Å². The van der Waals surface area contributed by atoms with Crippen molar-refractivity contribution in [1.82, 2.24) is 24.6 Å². The number of halogens is 5. The third-order valence-corrected chi connectivity index (χ3v) is 6.91. The van der Waals surface area contributed by atoms with Crippen LogP contribution in [0.5, 0.6) is 0 Å². The summed E-state index contributed by atoms with van der Waals surface area (Å²) in [5, 5.41) is 9.23. The van der Waals surface area contributed by atoms with Crippen LogP contribution in [-0.2, 0) is 13.1 Å². The molecule has 0 bridgehead atoms. The van der Waals surface area contributed by atoms with Gasteiger partial charge in [-0.05, 0) is 55.7 Å². The summed E-state index contributed by atoms with van der Waals surface area (Å²) in [4.78, 5) is 7.61. The zero-order valence-corrected chi connectivity index (χ0v) is 19.2. The van der Waals surface area contributed by atoms with Crippen molar-refractivity contribution >= 4 is 17.4 Å². The second-order valence-corrected chi connectivity index (χ2v) is 9.24. The molecule has 0 N–H and O–H groups in total. The van der Waals surface area contributed by atoms with Crippen molar-refractivity contribution in [1.29, 1.82) is 0 Å². The Hall–Kier alpha value is -2.72. The Balaban J connectivity index is 1.45. The topological polar surface area (TPSA) is 50.1 Å². The molecule has 0 spiro atoms. The van der Waals surface area contributed by atoms with E-state index in [4.69, 9.17) is 11.6 Å². The van der Waals surface area contributed by atoms with E-state index in [1.807, 2.05) is 10.6 Å². The molecule has 2 aliphatic rings. The van der Waals surface area contributed by atoms with Crippen LogP contribution in [0.4, 0.5) is 23.4 Å². The fourth-order valence-corrected chi connectivity index (χ4v) is 4.91. The Kier molecular flexibility index (Phi) is 5.97. The lowest BCUT2D eigenvalue weighted by Gasteiger charge is -2.32. The van der Waals surface area contributed by atoms with Gasteiger partial charge in [-0.25, -0.2) is 9.37 Å². The van der Waals surface area contributed by atoms with Crippen LogP contribution in [0.2, 0.25) is 5.02 Å². The lowest BCUT2D eigenvalue weighted by atomic mass is 9.95. The van der Waals surface area contributed by atoms with Crippen molar-refractivity contribution in [2.45, 2.75) is 51.0 Å². The van der Waals surface area contributed by atoms with Crippen LogP contribution in [0.15, 0.2) is 36.5 Å². The van der Waals surface area contributed by atoms with Gasteiger partial charge in [-0.15, -0.1) is 10.2 Å². The lowest BCUT2D eigenvalue weighted by molar-refractivity contribution is -0.182. The highest BCUT2D eigenvalue weighted by Gasteiger charge is 2.42. The molecule has 3 aromatic rings. The first-order valence-electron chi connectivity index (χ1n) is 11.1. The first-order valence-corrected chi connectivity index (χ1v) is 11.5. The monoisotopic (exact) mass is 494 g/mol. The third kappa shape index (κ3) is 4.36. The third-order valence-electron chi connectivity index (χ3n) is 6.67. The smallest absolute Gasteiger partial charge is 0.357 e. The van der Waals surface area contributed by atoms with Crippen molar-refractivity contribution in [2.75, 3.05) is 18.0 Å². The molecule has 180 valence electrons. The molecular formula is C23H23ClF4N6. The summed E-state index contributed by atoms with van der Waals surface area (Å²) < 4.78 is 55.8. The first kappa shape index (κ1) is 23.0. The summed E-state index contributed by atoms with van der Waals surface area (Å²) in [6, 6.07) is 6.69. The molecule has 2 aromatic heterocycles. The van der Waals surface area contributed by atoms with Crippen molar-refractivity contribution in [3.63, 3.8) is 0 Å². The maximum atomic E-state index is 13.6. The zero-order chi connectivity index (χ0) is 24.0. The molecular weight excluding hydrogens is 472 g/mol. The van der Waals surface area contributed by atoms with Crippen LogP contribution < -0.4 is 4.90 Å². The maximum absolute atomic E-state index is 13.6. The molecule has 34 heavy (non-hydrogen) atoms. The molecule has 6 nitrogen and oxygen atoms in total. The number of fused-ring (bicyclic) bond motifs is 3. The number of alkyl halides is 3. The molecule has 11 heteroatoms. The highest BCUT2D eigenvalue weighted by molar-refractivity contribution is 6.30. The van der Waals surface area contributed by atoms with E-state index in [0.29, 0.717) is 29.5 Å². The SMILES string of the molecule is CC(N1Cc2cc(Cl)ccc2-n2c(nnc2C2CCN(c3ccc(F)cn3)CC2)C1)C(F)(F)F. The first-order chi connectivity index (χ1) is 16.2. The molecule has 0 amide bonds. The van der Waals surface area contributed by atoms with E-state index >= 15 is 0 Å². The number of nitrogens with zero attached hydrogens (tertiary/aromatic N) is 6. The number of piperidine rings is 1. The van der Waals surface area contributed by atoms with Crippen LogP contribution in [0.1, 0.15) is 42.9 Å². The van der Waals surface area contributed by atoms with Crippen molar-refractivity contribution in [3.05, 3.63) is 64.6 Å². The zero-order valence-electron chi connectivity index (χ0n) is 18.4. The Morgan fingerprint density at radius 2 is 1.82 bits per heavy atom. The van der Waals surface area contributed by atoms with Gasteiger partial charge in [0.15, 0.2) is 5.82 Å². The number of aromatic nitrogens is 4. The standard InChI is InChI=1S/C23H23ClF4N6/c1-14(23(26,27)28)33-12-16-10-17(24)2-4-19(16)34-21(13-33)30-31-22(34)15-6-8-32(9-7-15)20-5-3-18(25)11-29-20/h2-5,10-11,14-15H,6-9,12-13H2,1H3. The number of hydrogen-bond acceptors (Lipinski definition) is 5. The van der Waals surface area contributed by atoms with Crippen LogP contribution in [0.3, 0.4) is 0 Å². The van der Waals surface area contributed by atoms with Gasteiger partial charge in [0, 0.05) is 30.6 Å². The van der Waals surface area contributed by atoms with Crippen LogP contribution in [-0.4, -0.2) is 50.0 Å². The highest BCUT2D eigenvalue weighted by atomic mass is 35.5.